The molecule has 2 atom stereocenters. The fourth-order valence-corrected chi connectivity index (χ4v) is 2.83. The third-order valence-electron chi connectivity index (χ3n) is 2.88. The standard InChI is InChI=1S/C12H22N6O3S/c1-7(2)21-10(11-16-5-8(3)6-17-11)9(4)22(19,20)18(15)12(13)14/h5-7,9-10H,15H2,1-4H3,(H3,13,14)/t9-,10+/m0/s1. The number of guanidine groups is 1. The summed E-state index contributed by atoms with van der Waals surface area (Å²) >= 11 is 0. The molecule has 0 aromatic carbocycles. The van der Waals surface area contributed by atoms with Gasteiger partial charge in [-0.25, -0.2) is 24.2 Å². The zero-order valence-corrected chi connectivity index (χ0v) is 13.8. The minimum absolute atomic E-state index is 0.225. The van der Waals surface area contributed by atoms with Gasteiger partial charge in [0.05, 0.1) is 6.10 Å². The van der Waals surface area contributed by atoms with Crippen molar-refractivity contribution in [3.8, 4) is 0 Å². The minimum atomic E-state index is -4.08. The molecule has 0 unspecified atom stereocenters. The third-order valence-corrected chi connectivity index (χ3v) is 4.81. The van der Waals surface area contributed by atoms with Crippen LogP contribution in [0.1, 0.15) is 38.3 Å². The molecule has 0 saturated heterocycles. The van der Waals surface area contributed by atoms with Gasteiger partial charge < -0.3 is 10.5 Å². The largest absolute Gasteiger partial charge is 0.368 e. The molecule has 5 N–H and O–H groups in total. The van der Waals surface area contributed by atoms with Crippen molar-refractivity contribution >= 4 is 16.0 Å². The van der Waals surface area contributed by atoms with E-state index < -0.39 is 27.3 Å². The van der Waals surface area contributed by atoms with Crippen molar-refractivity contribution in [2.24, 2.45) is 11.6 Å². The van der Waals surface area contributed by atoms with Gasteiger partial charge in [-0.15, -0.1) is 0 Å². The van der Waals surface area contributed by atoms with Gasteiger partial charge in [0.1, 0.15) is 11.4 Å². The van der Waals surface area contributed by atoms with Crippen molar-refractivity contribution in [3.63, 3.8) is 0 Å². The molecular formula is C12H22N6O3S. The zero-order valence-electron chi connectivity index (χ0n) is 13.0. The van der Waals surface area contributed by atoms with Crippen LogP contribution in [0.5, 0.6) is 0 Å². The maximum atomic E-state index is 12.4. The average Bonchev–Trinajstić information content (AvgIpc) is 2.43. The summed E-state index contributed by atoms with van der Waals surface area (Å²) in [5, 5.41) is 6.07. The van der Waals surface area contributed by atoms with Crippen LogP contribution in [0.3, 0.4) is 0 Å². The summed E-state index contributed by atoms with van der Waals surface area (Å²) in [7, 11) is -4.08. The molecule has 0 aliphatic heterocycles. The predicted molar refractivity (Wildman–Crippen MR) is 82.1 cm³/mol. The Morgan fingerprint density at radius 3 is 2.23 bits per heavy atom. The third kappa shape index (κ3) is 4.12. The second kappa shape index (κ2) is 6.99. The Hall–Kier alpha value is -1.78. The molecule has 0 radical (unpaired) electrons. The average molecular weight is 330 g/mol. The van der Waals surface area contributed by atoms with Crippen molar-refractivity contribution in [3.05, 3.63) is 23.8 Å². The van der Waals surface area contributed by atoms with Crippen LogP contribution in [0.4, 0.5) is 0 Å². The molecule has 1 heterocycles. The molecule has 0 amide bonds. The van der Waals surface area contributed by atoms with Crippen LogP contribution in [0.15, 0.2) is 12.4 Å². The first-order valence-electron chi connectivity index (χ1n) is 6.64. The van der Waals surface area contributed by atoms with E-state index >= 15 is 0 Å². The Bertz CT molecular complexity index is 616. The van der Waals surface area contributed by atoms with E-state index in [2.05, 4.69) is 9.97 Å². The number of sulfonamides is 1. The molecule has 22 heavy (non-hydrogen) atoms. The van der Waals surface area contributed by atoms with E-state index in [1.165, 1.54) is 6.92 Å². The maximum absolute atomic E-state index is 12.4. The predicted octanol–water partition coefficient (Wildman–Crippen LogP) is 0.0386. The molecule has 9 nitrogen and oxygen atoms in total. The fourth-order valence-electron chi connectivity index (χ4n) is 1.70. The van der Waals surface area contributed by atoms with Crippen molar-refractivity contribution in [1.82, 2.24) is 14.4 Å². The molecule has 0 bridgehead atoms. The summed E-state index contributed by atoms with van der Waals surface area (Å²) in [5.74, 6) is 4.82. The maximum Gasteiger partial charge on any atom is 0.256 e. The van der Waals surface area contributed by atoms with Crippen LogP contribution < -0.4 is 11.6 Å². The van der Waals surface area contributed by atoms with E-state index in [-0.39, 0.29) is 16.3 Å². The highest BCUT2D eigenvalue weighted by molar-refractivity contribution is 7.90. The summed E-state index contributed by atoms with van der Waals surface area (Å²) in [5.41, 5.74) is 5.99. The lowest BCUT2D eigenvalue weighted by Gasteiger charge is -2.28. The van der Waals surface area contributed by atoms with Gasteiger partial charge in [0.15, 0.2) is 5.82 Å². The number of rotatable bonds is 6. The molecule has 1 aromatic heterocycles. The van der Waals surface area contributed by atoms with Crippen molar-refractivity contribution in [2.75, 3.05) is 0 Å². The normalized spacial score (nSPS) is 14.6. The number of ether oxygens (including phenoxy) is 1. The highest BCUT2D eigenvalue weighted by Gasteiger charge is 2.37. The Balaban J connectivity index is 3.21. The molecule has 0 saturated carbocycles. The number of nitrogens with one attached hydrogen (secondary N) is 1. The number of aromatic nitrogens is 2. The number of hydrogen-bond acceptors (Lipinski definition) is 7. The molecule has 0 spiro atoms. The number of nitrogens with zero attached hydrogens (tertiary/aromatic N) is 3. The highest BCUT2D eigenvalue weighted by Crippen LogP contribution is 2.26. The van der Waals surface area contributed by atoms with Gasteiger partial charge in [0.25, 0.3) is 10.0 Å². The SMILES string of the molecule is Cc1cnc([C@H](OC(C)C)[C@H](C)S(=O)(=O)N(N)C(=N)N)nc1. The quantitative estimate of drug-likeness (QED) is 0.288. The van der Waals surface area contributed by atoms with Crippen LogP contribution in [0.2, 0.25) is 0 Å². The van der Waals surface area contributed by atoms with E-state index in [0.29, 0.717) is 0 Å². The fraction of sp³-hybridized carbons (Fsp3) is 0.583. The highest BCUT2D eigenvalue weighted by atomic mass is 32.2. The number of nitrogens with two attached hydrogens (primary N) is 2. The Labute approximate surface area is 130 Å². The van der Waals surface area contributed by atoms with Gasteiger partial charge in [-0.05, 0) is 33.3 Å². The van der Waals surface area contributed by atoms with Crippen molar-refractivity contribution < 1.29 is 13.2 Å². The molecule has 124 valence electrons. The summed E-state index contributed by atoms with van der Waals surface area (Å²) in [6, 6.07) is 0. The van der Waals surface area contributed by atoms with E-state index in [1.807, 2.05) is 6.92 Å². The Kier molecular flexibility index (Phi) is 5.80. The van der Waals surface area contributed by atoms with Gasteiger partial charge in [-0.1, -0.05) is 0 Å². The molecule has 10 heteroatoms. The van der Waals surface area contributed by atoms with Crippen LogP contribution in [0, 0.1) is 12.3 Å². The van der Waals surface area contributed by atoms with Gasteiger partial charge in [-0.2, -0.15) is 4.41 Å². The monoisotopic (exact) mass is 330 g/mol. The van der Waals surface area contributed by atoms with Crippen molar-refractivity contribution in [1.29, 1.82) is 5.41 Å². The molecule has 1 rings (SSSR count). The lowest BCUT2D eigenvalue weighted by Crippen LogP contribution is -2.51. The van der Waals surface area contributed by atoms with E-state index in [0.717, 1.165) is 5.56 Å². The molecule has 1 aromatic rings. The summed E-state index contributed by atoms with van der Waals surface area (Å²) in [6.45, 7) is 6.77. The number of hydrazine groups is 1. The lowest BCUT2D eigenvalue weighted by atomic mass is 10.2. The van der Waals surface area contributed by atoms with E-state index in [9.17, 15) is 8.42 Å². The molecular weight excluding hydrogens is 308 g/mol. The van der Waals surface area contributed by atoms with Gasteiger partial charge in [0.2, 0.25) is 5.96 Å². The topological polar surface area (TPSA) is 148 Å². The number of aryl methyl sites for hydroxylation is 1. The van der Waals surface area contributed by atoms with Crippen LogP contribution in [0.25, 0.3) is 0 Å². The first-order chi connectivity index (χ1) is 10.1. The first-order valence-corrected chi connectivity index (χ1v) is 8.14. The van der Waals surface area contributed by atoms with Crippen LogP contribution in [-0.4, -0.2) is 40.1 Å². The lowest BCUT2D eigenvalue weighted by molar-refractivity contribution is 0.000902. The van der Waals surface area contributed by atoms with Crippen LogP contribution in [-0.2, 0) is 14.8 Å². The molecule has 0 fully saturated rings. The summed E-state index contributed by atoms with van der Waals surface area (Å²) in [6.07, 6.45) is 1.96. The van der Waals surface area contributed by atoms with E-state index in [1.54, 1.807) is 26.2 Å². The number of hydrogen-bond donors (Lipinski definition) is 3. The summed E-state index contributed by atoms with van der Waals surface area (Å²) < 4.78 is 30.6. The Morgan fingerprint density at radius 2 is 1.82 bits per heavy atom. The van der Waals surface area contributed by atoms with Gasteiger partial charge in [0, 0.05) is 12.4 Å². The molecule has 0 aliphatic rings. The first kappa shape index (κ1) is 18.3. The van der Waals surface area contributed by atoms with Gasteiger partial charge in [-0.3, -0.25) is 5.41 Å². The van der Waals surface area contributed by atoms with Crippen LogP contribution >= 0.6 is 0 Å². The molecule has 0 aliphatic carbocycles. The second-order valence-electron chi connectivity index (χ2n) is 5.16. The van der Waals surface area contributed by atoms with Gasteiger partial charge >= 0.3 is 0 Å². The van der Waals surface area contributed by atoms with E-state index in [4.69, 9.17) is 21.7 Å². The summed E-state index contributed by atoms with van der Waals surface area (Å²) in [4.78, 5) is 8.25. The minimum Gasteiger partial charge on any atom is -0.368 e. The second-order valence-corrected chi connectivity index (χ2v) is 7.32. The zero-order chi connectivity index (χ0) is 17.1. The smallest absolute Gasteiger partial charge is 0.256 e. The van der Waals surface area contributed by atoms with Crippen molar-refractivity contribution in [2.45, 2.75) is 45.2 Å². The Morgan fingerprint density at radius 1 is 1.32 bits per heavy atom.